The number of nitrogens with one attached hydrogen (secondary N) is 3. The zero-order valence-electron chi connectivity index (χ0n) is 16.7. The first-order valence-electron chi connectivity index (χ1n) is 10.6. The fourth-order valence-corrected chi connectivity index (χ4v) is 4.76. The van der Waals surface area contributed by atoms with Crippen molar-refractivity contribution in [3.63, 3.8) is 0 Å². The Morgan fingerprint density at radius 1 is 1.28 bits per heavy atom. The quantitative estimate of drug-likeness (QED) is 0.488. The number of H-pyrrole nitrogens is 1. The van der Waals surface area contributed by atoms with Crippen molar-refractivity contribution in [1.82, 2.24) is 14.9 Å². The summed E-state index contributed by atoms with van der Waals surface area (Å²) in [5, 5.41) is 3.56. The lowest BCUT2D eigenvalue weighted by Gasteiger charge is -2.23. The number of morpholine rings is 1. The van der Waals surface area contributed by atoms with E-state index in [9.17, 15) is 9.59 Å². The van der Waals surface area contributed by atoms with E-state index in [1.165, 1.54) is 4.90 Å². The molecule has 0 bridgehead atoms. The van der Waals surface area contributed by atoms with Gasteiger partial charge >= 0.3 is 0 Å². The molecule has 0 spiro atoms. The smallest absolute Gasteiger partial charge is 0.262 e. The van der Waals surface area contributed by atoms with Gasteiger partial charge in [-0.2, -0.15) is 0 Å². The molecule has 3 N–H and O–H groups in total. The summed E-state index contributed by atoms with van der Waals surface area (Å²) in [5.41, 5.74) is 1.11. The molecule has 1 aliphatic carbocycles. The fraction of sp³-hybridized carbons (Fsp3) is 0.571. The van der Waals surface area contributed by atoms with E-state index in [0.717, 1.165) is 65.0 Å². The molecule has 1 saturated heterocycles. The van der Waals surface area contributed by atoms with E-state index in [1.807, 2.05) is 0 Å². The van der Waals surface area contributed by atoms with Crippen molar-refractivity contribution in [1.29, 1.82) is 0 Å². The molecular formula is C21H29N4O3S+. The van der Waals surface area contributed by atoms with E-state index >= 15 is 0 Å². The van der Waals surface area contributed by atoms with Gasteiger partial charge in [-0.15, -0.1) is 0 Å². The Kier molecular flexibility index (Phi) is 6.42. The molecule has 7 nitrogen and oxygen atoms in total. The van der Waals surface area contributed by atoms with Crippen LogP contribution in [0.1, 0.15) is 48.5 Å². The predicted molar refractivity (Wildman–Crippen MR) is 114 cm³/mol. The summed E-state index contributed by atoms with van der Waals surface area (Å²) in [7, 11) is 0. The molecule has 0 atom stereocenters. The Morgan fingerprint density at radius 3 is 2.79 bits per heavy atom. The van der Waals surface area contributed by atoms with Gasteiger partial charge in [0.25, 0.3) is 11.5 Å². The lowest BCUT2D eigenvalue weighted by atomic mass is 10.1. The van der Waals surface area contributed by atoms with Crippen molar-refractivity contribution in [2.24, 2.45) is 0 Å². The van der Waals surface area contributed by atoms with Gasteiger partial charge in [-0.25, -0.2) is 0 Å². The summed E-state index contributed by atoms with van der Waals surface area (Å²) < 4.78 is 7.53. The second-order valence-corrected chi connectivity index (χ2v) is 8.41. The van der Waals surface area contributed by atoms with Gasteiger partial charge in [-0.3, -0.25) is 14.2 Å². The number of hydrogen-bond acceptors (Lipinski definition) is 4. The minimum atomic E-state index is -0.122. The number of benzene rings is 1. The van der Waals surface area contributed by atoms with Gasteiger partial charge in [0.2, 0.25) is 0 Å². The van der Waals surface area contributed by atoms with Crippen LogP contribution >= 0.6 is 12.2 Å². The zero-order valence-corrected chi connectivity index (χ0v) is 17.5. The van der Waals surface area contributed by atoms with Crippen molar-refractivity contribution in [2.75, 3.05) is 39.4 Å². The molecule has 29 heavy (non-hydrogen) atoms. The van der Waals surface area contributed by atoms with Crippen LogP contribution in [0, 0.1) is 4.77 Å². The number of quaternary nitrogens is 1. The average Bonchev–Trinajstić information content (AvgIpc) is 3.25. The number of carbonyl (C=O) groups is 1. The normalized spacial score (nSPS) is 18.3. The Labute approximate surface area is 175 Å². The third-order valence-corrected chi connectivity index (χ3v) is 6.37. The highest BCUT2D eigenvalue weighted by atomic mass is 32.1. The van der Waals surface area contributed by atoms with Crippen LogP contribution in [0.2, 0.25) is 0 Å². The molecule has 156 valence electrons. The SMILES string of the molecule is O=C(NCCC[NH+]1CCOCC1)c1ccc2c(=O)n(C3CCCC3)c(=S)[nH]c2c1. The van der Waals surface area contributed by atoms with Crippen LogP contribution < -0.4 is 15.8 Å². The monoisotopic (exact) mass is 417 g/mol. The lowest BCUT2D eigenvalue weighted by Crippen LogP contribution is -3.14. The number of aromatic nitrogens is 2. The van der Waals surface area contributed by atoms with Gasteiger partial charge in [-0.1, -0.05) is 12.8 Å². The molecule has 0 unspecified atom stereocenters. The molecule has 4 rings (SSSR count). The van der Waals surface area contributed by atoms with E-state index in [2.05, 4.69) is 10.3 Å². The summed E-state index contributed by atoms with van der Waals surface area (Å²) in [6.07, 6.45) is 5.19. The second kappa shape index (κ2) is 9.19. The molecule has 1 aromatic heterocycles. The number of rotatable bonds is 6. The van der Waals surface area contributed by atoms with E-state index < -0.39 is 0 Å². The van der Waals surface area contributed by atoms with Crippen molar-refractivity contribution >= 4 is 29.0 Å². The Hall–Kier alpha value is -2.03. The van der Waals surface area contributed by atoms with Crippen LogP contribution in [0.4, 0.5) is 0 Å². The number of fused-ring (bicyclic) bond motifs is 1. The highest BCUT2D eigenvalue weighted by Crippen LogP contribution is 2.28. The van der Waals surface area contributed by atoms with Crippen LogP contribution in [-0.4, -0.2) is 54.9 Å². The summed E-state index contributed by atoms with van der Waals surface area (Å²) in [6.45, 7) is 5.40. The maximum atomic E-state index is 12.9. The lowest BCUT2D eigenvalue weighted by molar-refractivity contribution is -0.908. The van der Waals surface area contributed by atoms with Crippen LogP contribution in [-0.2, 0) is 4.74 Å². The zero-order chi connectivity index (χ0) is 20.2. The van der Waals surface area contributed by atoms with Crippen LogP contribution in [0.15, 0.2) is 23.0 Å². The molecule has 1 saturated carbocycles. The van der Waals surface area contributed by atoms with Crippen molar-refractivity contribution in [3.8, 4) is 0 Å². The molecule has 2 heterocycles. The molecular weight excluding hydrogens is 388 g/mol. The minimum Gasteiger partial charge on any atom is -0.370 e. The predicted octanol–water partition coefficient (Wildman–Crippen LogP) is 1.21. The third kappa shape index (κ3) is 4.60. The Bertz CT molecular complexity index is 988. The summed E-state index contributed by atoms with van der Waals surface area (Å²) >= 11 is 5.46. The maximum absolute atomic E-state index is 12.9. The van der Waals surface area contributed by atoms with Crippen molar-refractivity contribution in [3.05, 3.63) is 38.9 Å². The fourth-order valence-electron chi connectivity index (χ4n) is 4.42. The molecule has 1 aromatic carbocycles. The highest BCUT2D eigenvalue weighted by Gasteiger charge is 2.20. The average molecular weight is 418 g/mol. The highest BCUT2D eigenvalue weighted by molar-refractivity contribution is 7.71. The van der Waals surface area contributed by atoms with Gasteiger partial charge in [0.15, 0.2) is 4.77 Å². The molecule has 8 heteroatoms. The second-order valence-electron chi connectivity index (χ2n) is 8.03. The van der Waals surface area contributed by atoms with Gasteiger partial charge in [0.05, 0.1) is 30.7 Å². The number of hydrogen-bond donors (Lipinski definition) is 3. The van der Waals surface area contributed by atoms with Gasteiger partial charge in [-0.05, 0) is 43.3 Å². The van der Waals surface area contributed by atoms with E-state index in [1.54, 1.807) is 22.8 Å². The van der Waals surface area contributed by atoms with Crippen molar-refractivity contribution in [2.45, 2.75) is 38.1 Å². The summed E-state index contributed by atoms with van der Waals surface area (Å²) in [5.74, 6) is -0.122. The number of ether oxygens (including phenoxy) is 1. The van der Waals surface area contributed by atoms with Gasteiger partial charge < -0.3 is 19.9 Å². The first-order valence-corrected chi connectivity index (χ1v) is 11.0. The molecule has 2 fully saturated rings. The first-order chi connectivity index (χ1) is 14.1. The Morgan fingerprint density at radius 2 is 2.03 bits per heavy atom. The topological polar surface area (TPSA) is 80.6 Å². The number of nitrogens with zero attached hydrogens (tertiary/aromatic N) is 1. The number of carbonyl (C=O) groups excluding carboxylic acids is 1. The summed E-state index contributed by atoms with van der Waals surface area (Å²) in [6, 6.07) is 5.38. The maximum Gasteiger partial charge on any atom is 0.262 e. The van der Waals surface area contributed by atoms with Gasteiger partial charge in [0, 0.05) is 24.6 Å². The van der Waals surface area contributed by atoms with E-state index in [-0.39, 0.29) is 17.5 Å². The van der Waals surface area contributed by atoms with Crippen LogP contribution in [0.25, 0.3) is 10.9 Å². The number of aromatic amines is 1. The largest absolute Gasteiger partial charge is 0.370 e. The minimum absolute atomic E-state index is 0.0592. The van der Waals surface area contributed by atoms with E-state index in [4.69, 9.17) is 17.0 Å². The van der Waals surface area contributed by atoms with Gasteiger partial charge in [0.1, 0.15) is 13.1 Å². The first kappa shape index (κ1) is 20.3. The molecule has 2 aliphatic rings. The van der Waals surface area contributed by atoms with Crippen molar-refractivity contribution < 1.29 is 14.4 Å². The van der Waals surface area contributed by atoms with Crippen LogP contribution in [0.5, 0.6) is 0 Å². The number of amides is 1. The standard InChI is InChI=1S/C21H28N4O3S/c26-19(22-8-3-9-24-10-12-28-13-11-24)15-6-7-17-18(14-15)23-21(29)25(20(17)27)16-4-1-2-5-16/h6-7,14,16H,1-5,8-13H2,(H,22,26)(H,23,29)/p+1. The molecule has 1 amide bonds. The molecule has 1 aliphatic heterocycles. The van der Waals surface area contributed by atoms with Crippen LogP contribution in [0.3, 0.4) is 0 Å². The summed E-state index contributed by atoms with van der Waals surface area (Å²) in [4.78, 5) is 30.2. The van der Waals surface area contributed by atoms with E-state index in [0.29, 0.717) is 27.8 Å². The third-order valence-electron chi connectivity index (χ3n) is 6.07. The molecule has 2 aromatic rings. The Balaban J connectivity index is 1.42. The molecule has 0 radical (unpaired) electrons.